The molecular formula is C20H23F3N6OS. The summed E-state index contributed by atoms with van der Waals surface area (Å²) in [5.74, 6) is -0.299. The van der Waals surface area contributed by atoms with Crippen molar-refractivity contribution in [3.63, 3.8) is 0 Å². The van der Waals surface area contributed by atoms with Gasteiger partial charge in [0, 0.05) is 49.3 Å². The third-order valence-electron chi connectivity index (χ3n) is 5.23. The molecule has 1 aliphatic heterocycles. The SMILES string of the molecule is CC(Cc1c[nH]c2ccccc12)NC(=O)c1nnc(N2CCN(CC(F)(F)F)CC2)s1. The number of carbonyl (C=O) groups excluding carboxylic acids is 1. The first-order chi connectivity index (χ1) is 14.8. The smallest absolute Gasteiger partial charge is 0.361 e. The number of H-pyrrole nitrogens is 1. The quantitative estimate of drug-likeness (QED) is 0.601. The minimum Gasteiger partial charge on any atom is -0.361 e. The van der Waals surface area contributed by atoms with Gasteiger partial charge in [-0.3, -0.25) is 9.69 Å². The zero-order valence-electron chi connectivity index (χ0n) is 16.9. The number of alkyl halides is 3. The fraction of sp³-hybridized carbons (Fsp3) is 0.450. The summed E-state index contributed by atoms with van der Waals surface area (Å²) in [6.45, 7) is 2.46. The molecule has 3 aromatic rings. The fourth-order valence-corrected chi connectivity index (χ4v) is 4.55. The minimum absolute atomic E-state index is 0.107. The van der Waals surface area contributed by atoms with E-state index in [1.165, 1.54) is 4.90 Å². The maximum atomic E-state index is 12.6. The number of fused-ring (bicyclic) bond motifs is 1. The molecule has 4 rings (SSSR count). The van der Waals surface area contributed by atoms with Crippen molar-refractivity contribution in [2.75, 3.05) is 37.6 Å². The van der Waals surface area contributed by atoms with Crippen LogP contribution in [0.3, 0.4) is 0 Å². The molecule has 3 heterocycles. The van der Waals surface area contributed by atoms with Crippen LogP contribution in [0.5, 0.6) is 0 Å². The molecule has 7 nitrogen and oxygen atoms in total. The van der Waals surface area contributed by atoms with Crippen LogP contribution < -0.4 is 10.2 Å². The van der Waals surface area contributed by atoms with Gasteiger partial charge in [0.05, 0.1) is 6.54 Å². The molecular weight excluding hydrogens is 429 g/mol. The molecule has 1 unspecified atom stereocenters. The average Bonchev–Trinajstić information content (AvgIpc) is 3.35. The van der Waals surface area contributed by atoms with E-state index in [-0.39, 0.29) is 17.0 Å². The molecule has 0 bridgehead atoms. The molecule has 0 saturated carbocycles. The van der Waals surface area contributed by atoms with Crippen molar-refractivity contribution >= 4 is 33.3 Å². The standard InChI is InChI=1S/C20H23F3N6OS/c1-13(10-14-11-24-16-5-3-2-4-15(14)16)25-17(30)18-26-27-19(31-18)29-8-6-28(7-9-29)12-20(21,22)23/h2-5,11,13,24H,6-10,12H2,1H3,(H,25,30). The first-order valence-electron chi connectivity index (χ1n) is 10.0. The van der Waals surface area contributed by atoms with Gasteiger partial charge in [0.15, 0.2) is 0 Å². The summed E-state index contributed by atoms with van der Waals surface area (Å²) in [6.07, 6.45) is -1.57. The molecule has 0 radical (unpaired) electrons. The molecule has 0 aliphatic carbocycles. The van der Waals surface area contributed by atoms with Crippen molar-refractivity contribution in [2.45, 2.75) is 25.6 Å². The third-order valence-corrected chi connectivity index (χ3v) is 6.22. The van der Waals surface area contributed by atoms with E-state index in [9.17, 15) is 18.0 Å². The van der Waals surface area contributed by atoms with Crippen LogP contribution in [-0.4, -0.2) is 70.9 Å². The number of nitrogens with zero attached hydrogens (tertiary/aromatic N) is 4. The summed E-state index contributed by atoms with van der Waals surface area (Å²) < 4.78 is 37.6. The lowest BCUT2D eigenvalue weighted by molar-refractivity contribution is -0.146. The number of nitrogens with one attached hydrogen (secondary N) is 2. The Bertz CT molecular complexity index is 1040. The second kappa shape index (κ2) is 8.83. The summed E-state index contributed by atoms with van der Waals surface area (Å²) in [4.78, 5) is 19.1. The van der Waals surface area contributed by atoms with Gasteiger partial charge in [-0.25, -0.2) is 0 Å². The van der Waals surface area contributed by atoms with Crippen LogP contribution in [0.1, 0.15) is 22.3 Å². The van der Waals surface area contributed by atoms with Crippen LogP contribution >= 0.6 is 11.3 Å². The van der Waals surface area contributed by atoms with Crippen LogP contribution in [0.4, 0.5) is 18.3 Å². The number of benzene rings is 1. The molecule has 1 amide bonds. The molecule has 1 aliphatic rings. The normalized spacial score (nSPS) is 16.6. The van der Waals surface area contributed by atoms with Crippen molar-refractivity contribution in [2.24, 2.45) is 0 Å². The summed E-state index contributed by atoms with van der Waals surface area (Å²) in [5, 5.41) is 12.9. The van der Waals surface area contributed by atoms with Gasteiger partial charge in [0.25, 0.3) is 5.91 Å². The van der Waals surface area contributed by atoms with Crippen molar-refractivity contribution in [1.29, 1.82) is 0 Å². The number of aromatic amines is 1. The average molecular weight is 453 g/mol. The van der Waals surface area contributed by atoms with Gasteiger partial charge in [-0.2, -0.15) is 13.2 Å². The van der Waals surface area contributed by atoms with E-state index in [0.29, 0.717) is 37.7 Å². The van der Waals surface area contributed by atoms with Gasteiger partial charge >= 0.3 is 6.18 Å². The van der Waals surface area contributed by atoms with E-state index in [0.717, 1.165) is 27.8 Å². The van der Waals surface area contributed by atoms with E-state index in [4.69, 9.17) is 0 Å². The number of anilines is 1. The summed E-state index contributed by atoms with van der Waals surface area (Å²) in [7, 11) is 0. The summed E-state index contributed by atoms with van der Waals surface area (Å²) in [6, 6.07) is 7.89. The second-order valence-electron chi connectivity index (χ2n) is 7.71. The molecule has 1 saturated heterocycles. The molecule has 31 heavy (non-hydrogen) atoms. The predicted molar refractivity (Wildman–Crippen MR) is 114 cm³/mol. The highest BCUT2D eigenvalue weighted by atomic mass is 32.1. The number of piperazine rings is 1. The van der Waals surface area contributed by atoms with Crippen LogP contribution in [0, 0.1) is 0 Å². The van der Waals surface area contributed by atoms with Gasteiger partial charge in [0.1, 0.15) is 0 Å². The van der Waals surface area contributed by atoms with Crippen molar-refractivity contribution in [1.82, 2.24) is 25.4 Å². The molecule has 0 spiro atoms. The highest BCUT2D eigenvalue weighted by Gasteiger charge is 2.32. The lowest BCUT2D eigenvalue weighted by Crippen LogP contribution is -2.49. The van der Waals surface area contributed by atoms with E-state index in [2.05, 4.69) is 20.5 Å². The van der Waals surface area contributed by atoms with Gasteiger partial charge in [-0.1, -0.05) is 29.5 Å². The first kappa shape index (κ1) is 21.6. The Balaban J connectivity index is 1.31. The number of rotatable bonds is 6. The first-order valence-corrected chi connectivity index (χ1v) is 10.8. The Morgan fingerprint density at radius 1 is 1.23 bits per heavy atom. The van der Waals surface area contributed by atoms with Crippen molar-refractivity contribution in [3.8, 4) is 0 Å². The van der Waals surface area contributed by atoms with Gasteiger partial charge < -0.3 is 15.2 Å². The Kier molecular flexibility index (Phi) is 6.15. The topological polar surface area (TPSA) is 77.1 Å². The van der Waals surface area contributed by atoms with Crippen LogP contribution in [0.15, 0.2) is 30.5 Å². The summed E-state index contributed by atoms with van der Waals surface area (Å²) >= 11 is 1.16. The van der Waals surface area contributed by atoms with E-state index in [1.807, 2.05) is 42.3 Å². The number of carbonyl (C=O) groups is 1. The van der Waals surface area contributed by atoms with Crippen LogP contribution in [0.2, 0.25) is 0 Å². The lowest BCUT2D eigenvalue weighted by atomic mass is 10.1. The van der Waals surface area contributed by atoms with Gasteiger partial charge in [-0.15, -0.1) is 10.2 Å². The highest BCUT2D eigenvalue weighted by Crippen LogP contribution is 2.24. The van der Waals surface area contributed by atoms with Gasteiger partial charge in [-0.05, 0) is 25.0 Å². The number of hydrogen-bond acceptors (Lipinski definition) is 6. The Morgan fingerprint density at radius 2 is 1.97 bits per heavy atom. The zero-order valence-corrected chi connectivity index (χ0v) is 17.8. The Hall–Kier alpha value is -2.66. The summed E-state index contributed by atoms with van der Waals surface area (Å²) in [5.41, 5.74) is 2.18. The molecule has 1 atom stereocenters. The third kappa shape index (κ3) is 5.34. The molecule has 1 aromatic carbocycles. The minimum atomic E-state index is -4.19. The molecule has 2 aromatic heterocycles. The molecule has 1 fully saturated rings. The maximum absolute atomic E-state index is 12.6. The van der Waals surface area contributed by atoms with E-state index in [1.54, 1.807) is 0 Å². The second-order valence-corrected chi connectivity index (χ2v) is 8.66. The number of para-hydroxylation sites is 1. The lowest BCUT2D eigenvalue weighted by Gasteiger charge is -2.34. The number of aromatic nitrogens is 3. The molecule has 2 N–H and O–H groups in total. The van der Waals surface area contributed by atoms with Crippen LogP contribution in [-0.2, 0) is 6.42 Å². The van der Waals surface area contributed by atoms with E-state index < -0.39 is 12.7 Å². The zero-order chi connectivity index (χ0) is 22.0. The van der Waals surface area contributed by atoms with Crippen molar-refractivity contribution < 1.29 is 18.0 Å². The monoisotopic (exact) mass is 452 g/mol. The Morgan fingerprint density at radius 3 is 2.71 bits per heavy atom. The molecule has 11 heteroatoms. The highest BCUT2D eigenvalue weighted by molar-refractivity contribution is 7.17. The largest absolute Gasteiger partial charge is 0.401 e. The number of hydrogen-bond donors (Lipinski definition) is 2. The van der Waals surface area contributed by atoms with Crippen LogP contribution in [0.25, 0.3) is 10.9 Å². The van der Waals surface area contributed by atoms with E-state index >= 15 is 0 Å². The van der Waals surface area contributed by atoms with Crippen molar-refractivity contribution in [3.05, 3.63) is 41.0 Å². The predicted octanol–water partition coefficient (Wildman–Crippen LogP) is 3.06. The maximum Gasteiger partial charge on any atom is 0.401 e. The van der Waals surface area contributed by atoms with Gasteiger partial charge in [0.2, 0.25) is 10.1 Å². The number of amides is 1. The number of halogens is 3. The Labute approximate surface area is 181 Å². The molecule has 166 valence electrons. The fourth-order valence-electron chi connectivity index (χ4n) is 3.75.